The second kappa shape index (κ2) is 3.25. The van der Waals surface area contributed by atoms with E-state index in [0.29, 0.717) is 5.41 Å². The van der Waals surface area contributed by atoms with Gasteiger partial charge >= 0.3 is 0 Å². The molecule has 0 spiro atoms. The first-order chi connectivity index (χ1) is 6.17. The molecule has 0 amide bonds. The first-order valence-electron chi connectivity index (χ1n) is 5.61. The number of rotatable bonds is 3. The van der Waals surface area contributed by atoms with Crippen molar-refractivity contribution in [3.8, 4) is 0 Å². The summed E-state index contributed by atoms with van der Waals surface area (Å²) in [6.07, 6.45) is 4.10. The zero-order chi connectivity index (χ0) is 9.47. The van der Waals surface area contributed by atoms with Gasteiger partial charge in [-0.05, 0) is 50.6 Å². The third-order valence-corrected chi connectivity index (χ3v) is 4.20. The molecule has 2 fully saturated rings. The van der Waals surface area contributed by atoms with Crippen LogP contribution >= 0.6 is 0 Å². The number of hydrogen-bond donors (Lipinski definition) is 1. The van der Waals surface area contributed by atoms with E-state index in [1.165, 1.54) is 32.4 Å². The molecule has 2 unspecified atom stereocenters. The van der Waals surface area contributed by atoms with Gasteiger partial charge in [-0.1, -0.05) is 6.92 Å². The number of nitrogens with two attached hydrogens (primary N) is 1. The fraction of sp³-hybridized carbons (Fsp3) is 1.00. The quantitative estimate of drug-likeness (QED) is 0.716. The van der Waals surface area contributed by atoms with E-state index in [1.54, 1.807) is 0 Å². The van der Waals surface area contributed by atoms with Crippen molar-refractivity contribution in [2.24, 2.45) is 17.1 Å². The van der Waals surface area contributed by atoms with Crippen LogP contribution in [0.1, 0.15) is 33.1 Å². The van der Waals surface area contributed by atoms with E-state index in [2.05, 4.69) is 18.7 Å². The minimum atomic E-state index is 0.526. The minimum absolute atomic E-state index is 0.526. The van der Waals surface area contributed by atoms with E-state index in [0.717, 1.165) is 18.5 Å². The summed E-state index contributed by atoms with van der Waals surface area (Å²) in [6.45, 7) is 8.18. The molecule has 2 heteroatoms. The number of hydrogen-bond acceptors (Lipinski definition) is 2. The molecule has 1 saturated carbocycles. The largest absolute Gasteiger partial charge is 0.330 e. The van der Waals surface area contributed by atoms with Crippen LogP contribution in [-0.2, 0) is 0 Å². The fourth-order valence-electron chi connectivity index (χ4n) is 2.43. The SMILES string of the molecule is CC1CCN(CC2(CN)CC2)C1C. The Balaban J connectivity index is 1.88. The van der Waals surface area contributed by atoms with Gasteiger partial charge in [-0.2, -0.15) is 0 Å². The lowest BCUT2D eigenvalue weighted by atomic mass is 10.0. The second-order valence-corrected chi connectivity index (χ2v) is 5.18. The van der Waals surface area contributed by atoms with E-state index in [4.69, 9.17) is 5.73 Å². The van der Waals surface area contributed by atoms with Crippen LogP contribution < -0.4 is 5.73 Å². The molecule has 13 heavy (non-hydrogen) atoms. The van der Waals surface area contributed by atoms with Crippen molar-refractivity contribution in [3.63, 3.8) is 0 Å². The minimum Gasteiger partial charge on any atom is -0.330 e. The van der Waals surface area contributed by atoms with Crippen LogP contribution in [0.5, 0.6) is 0 Å². The molecule has 0 bridgehead atoms. The van der Waals surface area contributed by atoms with Crippen LogP contribution in [0.2, 0.25) is 0 Å². The maximum Gasteiger partial charge on any atom is 0.00932 e. The average Bonchev–Trinajstić information content (AvgIpc) is 2.85. The van der Waals surface area contributed by atoms with E-state index in [1.807, 2.05) is 0 Å². The van der Waals surface area contributed by atoms with E-state index in [9.17, 15) is 0 Å². The molecular weight excluding hydrogens is 160 g/mol. The van der Waals surface area contributed by atoms with Crippen molar-refractivity contribution in [1.82, 2.24) is 4.90 Å². The topological polar surface area (TPSA) is 29.3 Å². The Hall–Kier alpha value is -0.0800. The molecule has 2 rings (SSSR count). The van der Waals surface area contributed by atoms with Gasteiger partial charge in [0.25, 0.3) is 0 Å². The molecule has 0 aromatic rings. The van der Waals surface area contributed by atoms with Crippen LogP contribution in [0.15, 0.2) is 0 Å². The standard InChI is InChI=1S/C11H22N2/c1-9-3-6-13(10(9)2)8-11(7-12)4-5-11/h9-10H,3-8,12H2,1-2H3. The van der Waals surface area contributed by atoms with Gasteiger partial charge in [-0.3, -0.25) is 4.90 Å². The third-order valence-electron chi connectivity index (χ3n) is 4.20. The Morgan fingerprint density at radius 3 is 2.46 bits per heavy atom. The maximum absolute atomic E-state index is 5.80. The summed E-state index contributed by atoms with van der Waals surface area (Å²) >= 11 is 0. The molecule has 1 saturated heterocycles. The zero-order valence-corrected chi connectivity index (χ0v) is 8.92. The Morgan fingerprint density at radius 2 is 2.08 bits per heavy atom. The molecule has 76 valence electrons. The summed E-state index contributed by atoms with van der Waals surface area (Å²) in [5.41, 5.74) is 6.33. The third kappa shape index (κ3) is 1.75. The lowest BCUT2D eigenvalue weighted by Gasteiger charge is -2.27. The van der Waals surface area contributed by atoms with Gasteiger partial charge in [0.05, 0.1) is 0 Å². The van der Waals surface area contributed by atoms with Crippen molar-refractivity contribution in [2.45, 2.75) is 39.2 Å². The van der Waals surface area contributed by atoms with E-state index < -0.39 is 0 Å². The summed E-state index contributed by atoms with van der Waals surface area (Å²) in [4.78, 5) is 2.64. The highest BCUT2D eigenvalue weighted by atomic mass is 15.2. The van der Waals surface area contributed by atoms with Crippen LogP contribution in [0.3, 0.4) is 0 Å². The van der Waals surface area contributed by atoms with Gasteiger partial charge in [0.1, 0.15) is 0 Å². The van der Waals surface area contributed by atoms with Crippen molar-refractivity contribution < 1.29 is 0 Å². The van der Waals surface area contributed by atoms with Crippen LogP contribution in [0.25, 0.3) is 0 Å². The summed E-state index contributed by atoms with van der Waals surface area (Å²) in [5.74, 6) is 0.883. The van der Waals surface area contributed by atoms with Crippen molar-refractivity contribution >= 4 is 0 Å². The molecule has 2 atom stereocenters. The molecule has 0 aromatic carbocycles. The molecule has 2 nitrogen and oxygen atoms in total. The molecule has 1 aliphatic carbocycles. The Kier molecular flexibility index (Phi) is 2.37. The highest BCUT2D eigenvalue weighted by Crippen LogP contribution is 2.46. The maximum atomic E-state index is 5.80. The average molecular weight is 182 g/mol. The summed E-state index contributed by atoms with van der Waals surface area (Å²) in [5, 5.41) is 0. The molecule has 0 aromatic heterocycles. The van der Waals surface area contributed by atoms with E-state index in [-0.39, 0.29) is 0 Å². The van der Waals surface area contributed by atoms with Crippen LogP contribution in [0, 0.1) is 11.3 Å². The Labute approximate surface area is 81.5 Å². The first kappa shape index (κ1) is 9.47. The summed E-state index contributed by atoms with van der Waals surface area (Å²) < 4.78 is 0. The lowest BCUT2D eigenvalue weighted by Crippen LogP contribution is -2.37. The van der Waals surface area contributed by atoms with Crippen LogP contribution in [-0.4, -0.2) is 30.6 Å². The zero-order valence-electron chi connectivity index (χ0n) is 8.92. The predicted octanol–water partition coefficient (Wildman–Crippen LogP) is 1.46. The lowest BCUT2D eigenvalue weighted by molar-refractivity contribution is 0.202. The predicted molar refractivity (Wildman–Crippen MR) is 55.5 cm³/mol. The van der Waals surface area contributed by atoms with Crippen LogP contribution in [0.4, 0.5) is 0 Å². The van der Waals surface area contributed by atoms with Gasteiger partial charge in [0, 0.05) is 12.6 Å². The number of nitrogens with zero attached hydrogens (tertiary/aromatic N) is 1. The van der Waals surface area contributed by atoms with E-state index >= 15 is 0 Å². The Bertz CT molecular complexity index is 187. The summed E-state index contributed by atoms with van der Waals surface area (Å²) in [6, 6.07) is 0.782. The molecule has 2 N–H and O–H groups in total. The summed E-state index contributed by atoms with van der Waals surface area (Å²) in [7, 11) is 0. The second-order valence-electron chi connectivity index (χ2n) is 5.18. The monoisotopic (exact) mass is 182 g/mol. The van der Waals surface area contributed by atoms with Gasteiger partial charge in [0.15, 0.2) is 0 Å². The molecule has 2 aliphatic rings. The fourth-order valence-corrected chi connectivity index (χ4v) is 2.43. The van der Waals surface area contributed by atoms with Crippen molar-refractivity contribution in [1.29, 1.82) is 0 Å². The molecule has 1 heterocycles. The van der Waals surface area contributed by atoms with Gasteiger partial charge in [-0.15, -0.1) is 0 Å². The van der Waals surface area contributed by atoms with Crippen molar-refractivity contribution in [2.75, 3.05) is 19.6 Å². The highest BCUT2D eigenvalue weighted by Gasteiger charge is 2.44. The Morgan fingerprint density at radius 1 is 1.38 bits per heavy atom. The molecule has 0 radical (unpaired) electrons. The first-order valence-corrected chi connectivity index (χ1v) is 5.61. The van der Waals surface area contributed by atoms with Gasteiger partial charge in [-0.25, -0.2) is 0 Å². The van der Waals surface area contributed by atoms with Gasteiger partial charge in [0.2, 0.25) is 0 Å². The normalized spacial score (nSPS) is 38.1. The smallest absolute Gasteiger partial charge is 0.00932 e. The van der Waals surface area contributed by atoms with Crippen molar-refractivity contribution in [3.05, 3.63) is 0 Å². The van der Waals surface area contributed by atoms with Gasteiger partial charge < -0.3 is 5.73 Å². The number of likely N-dealkylation sites (tertiary alicyclic amines) is 1. The molecular formula is C11H22N2. The molecule has 1 aliphatic heterocycles. The highest BCUT2D eigenvalue weighted by molar-refractivity contribution is 4.98.